The van der Waals surface area contributed by atoms with Crippen LogP contribution in [0.25, 0.3) is 0 Å². The molecule has 8 heteroatoms. The minimum atomic E-state index is -0.107. The van der Waals surface area contributed by atoms with Crippen molar-refractivity contribution >= 4 is 36.6 Å². The molecule has 1 saturated heterocycles. The molecule has 2 fully saturated rings. The minimum Gasteiger partial charge on any atom is -0.352 e. The van der Waals surface area contributed by atoms with Crippen molar-refractivity contribution in [3.8, 4) is 0 Å². The third-order valence-electron chi connectivity index (χ3n) is 3.77. The molecule has 0 aromatic rings. The fraction of sp³-hybridized carbons (Fsp3) is 0.846. The van der Waals surface area contributed by atoms with Crippen molar-refractivity contribution in [3.63, 3.8) is 0 Å². The van der Waals surface area contributed by atoms with E-state index in [2.05, 4.69) is 10.2 Å². The van der Waals surface area contributed by atoms with Crippen LogP contribution in [0.3, 0.4) is 0 Å². The summed E-state index contributed by atoms with van der Waals surface area (Å²) < 4.78 is 0. The molecule has 21 heavy (non-hydrogen) atoms. The highest BCUT2D eigenvalue weighted by molar-refractivity contribution is 5.85. The molecule has 6 nitrogen and oxygen atoms in total. The van der Waals surface area contributed by atoms with Crippen molar-refractivity contribution in [2.45, 2.75) is 25.8 Å². The van der Waals surface area contributed by atoms with Crippen LogP contribution in [-0.2, 0) is 9.59 Å². The Morgan fingerprint density at radius 2 is 1.76 bits per heavy atom. The molecular formula is C13H26Cl2N4O2. The maximum atomic E-state index is 12.0. The average Bonchev–Trinajstić information content (AvgIpc) is 3.21. The van der Waals surface area contributed by atoms with E-state index in [1.165, 1.54) is 0 Å². The molecule has 2 aliphatic rings. The molecule has 2 amide bonds. The van der Waals surface area contributed by atoms with Crippen molar-refractivity contribution in [1.29, 1.82) is 0 Å². The second-order valence-corrected chi connectivity index (χ2v) is 5.58. The van der Waals surface area contributed by atoms with Gasteiger partial charge in [-0.05, 0) is 12.8 Å². The first-order valence-electron chi connectivity index (χ1n) is 7.10. The maximum Gasteiger partial charge on any atom is 0.234 e. The number of carbonyl (C=O) groups is 2. The van der Waals surface area contributed by atoms with Gasteiger partial charge in [0.1, 0.15) is 0 Å². The topological polar surface area (TPSA) is 78.7 Å². The van der Waals surface area contributed by atoms with E-state index >= 15 is 0 Å². The van der Waals surface area contributed by atoms with E-state index < -0.39 is 0 Å². The molecule has 0 radical (unpaired) electrons. The highest BCUT2D eigenvalue weighted by Crippen LogP contribution is 2.18. The average molecular weight is 341 g/mol. The Kier molecular flexibility index (Phi) is 9.20. The lowest BCUT2D eigenvalue weighted by molar-refractivity contribution is -0.136. The standard InChI is InChI=1S/C13H24N4O2.2ClH/c1-10(8-14)13(19)17-6-4-16(5-7-17)9-12(18)15-11-2-3-11;;/h10-11H,2-9,14H2,1H3,(H,15,18);2*1H. The summed E-state index contributed by atoms with van der Waals surface area (Å²) in [6.07, 6.45) is 2.23. The quantitative estimate of drug-likeness (QED) is 0.729. The van der Waals surface area contributed by atoms with Crippen LogP contribution in [0.2, 0.25) is 0 Å². The predicted molar refractivity (Wildman–Crippen MR) is 86.9 cm³/mol. The molecular weight excluding hydrogens is 315 g/mol. The minimum absolute atomic E-state index is 0. The first kappa shape index (κ1) is 20.4. The van der Waals surface area contributed by atoms with E-state index in [1.54, 1.807) is 0 Å². The molecule has 0 aromatic heterocycles. The summed E-state index contributed by atoms with van der Waals surface area (Å²) in [5, 5.41) is 2.98. The van der Waals surface area contributed by atoms with Crippen LogP contribution in [0.15, 0.2) is 0 Å². The van der Waals surface area contributed by atoms with E-state index in [1.807, 2.05) is 11.8 Å². The number of rotatable bonds is 5. The summed E-state index contributed by atoms with van der Waals surface area (Å²) in [5.41, 5.74) is 5.51. The van der Waals surface area contributed by atoms with Crippen LogP contribution in [0.1, 0.15) is 19.8 Å². The second kappa shape index (κ2) is 9.46. The van der Waals surface area contributed by atoms with Gasteiger partial charge in [-0.2, -0.15) is 0 Å². The van der Waals surface area contributed by atoms with Crippen molar-refractivity contribution in [2.24, 2.45) is 11.7 Å². The van der Waals surface area contributed by atoms with Gasteiger partial charge < -0.3 is 16.0 Å². The van der Waals surface area contributed by atoms with Gasteiger partial charge in [0.05, 0.1) is 6.54 Å². The Labute approximate surface area is 138 Å². The Bertz CT molecular complexity index is 345. The Balaban J connectivity index is 0.00000200. The summed E-state index contributed by atoms with van der Waals surface area (Å²) >= 11 is 0. The number of nitrogens with one attached hydrogen (secondary N) is 1. The first-order valence-corrected chi connectivity index (χ1v) is 7.10. The van der Waals surface area contributed by atoms with Crippen LogP contribution < -0.4 is 11.1 Å². The molecule has 3 N–H and O–H groups in total. The van der Waals surface area contributed by atoms with Gasteiger partial charge in [0.25, 0.3) is 0 Å². The molecule has 1 aliphatic carbocycles. The molecule has 0 aromatic carbocycles. The largest absolute Gasteiger partial charge is 0.352 e. The molecule has 1 atom stereocenters. The van der Waals surface area contributed by atoms with E-state index in [4.69, 9.17) is 5.73 Å². The van der Waals surface area contributed by atoms with Crippen LogP contribution in [-0.4, -0.2) is 66.9 Å². The van der Waals surface area contributed by atoms with E-state index in [9.17, 15) is 9.59 Å². The van der Waals surface area contributed by atoms with Crippen molar-refractivity contribution in [3.05, 3.63) is 0 Å². The number of piperazine rings is 1. The second-order valence-electron chi connectivity index (χ2n) is 5.58. The van der Waals surface area contributed by atoms with Crippen molar-refractivity contribution in [1.82, 2.24) is 15.1 Å². The smallest absolute Gasteiger partial charge is 0.234 e. The highest BCUT2D eigenvalue weighted by Gasteiger charge is 2.27. The number of nitrogens with two attached hydrogens (primary N) is 1. The molecule has 124 valence electrons. The van der Waals surface area contributed by atoms with Crippen molar-refractivity contribution in [2.75, 3.05) is 39.3 Å². The Hall–Kier alpha value is -0.560. The molecule has 1 saturated carbocycles. The Morgan fingerprint density at radius 3 is 2.24 bits per heavy atom. The summed E-state index contributed by atoms with van der Waals surface area (Å²) in [7, 11) is 0. The Morgan fingerprint density at radius 1 is 1.19 bits per heavy atom. The SMILES string of the molecule is CC(CN)C(=O)N1CCN(CC(=O)NC2CC2)CC1.Cl.Cl. The zero-order valence-corrected chi connectivity index (χ0v) is 14.0. The number of carbonyl (C=O) groups excluding carboxylic acids is 2. The maximum absolute atomic E-state index is 12.0. The number of nitrogens with zero attached hydrogens (tertiary/aromatic N) is 2. The van der Waals surface area contributed by atoms with Crippen LogP contribution >= 0.6 is 24.8 Å². The van der Waals surface area contributed by atoms with Crippen LogP contribution in [0.4, 0.5) is 0 Å². The van der Waals surface area contributed by atoms with Gasteiger partial charge in [0.2, 0.25) is 11.8 Å². The first-order chi connectivity index (χ1) is 9.10. The van der Waals surface area contributed by atoms with Gasteiger partial charge >= 0.3 is 0 Å². The number of amides is 2. The third-order valence-corrected chi connectivity index (χ3v) is 3.77. The van der Waals surface area contributed by atoms with Crippen LogP contribution in [0.5, 0.6) is 0 Å². The monoisotopic (exact) mass is 340 g/mol. The van der Waals surface area contributed by atoms with E-state index in [-0.39, 0.29) is 42.5 Å². The lowest BCUT2D eigenvalue weighted by atomic mass is 10.1. The normalized spacial score (nSPS) is 20.0. The van der Waals surface area contributed by atoms with E-state index in [0.29, 0.717) is 32.2 Å². The van der Waals surface area contributed by atoms with Crippen LogP contribution in [0, 0.1) is 5.92 Å². The highest BCUT2D eigenvalue weighted by atomic mass is 35.5. The van der Waals surface area contributed by atoms with Gasteiger partial charge in [-0.3, -0.25) is 14.5 Å². The summed E-state index contributed by atoms with van der Waals surface area (Å²) in [4.78, 5) is 27.6. The summed E-state index contributed by atoms with van der Waals surface area (Å²) in [6.45, 7) is 5.62. The summed E-state index contributed by atoms with van der Waals surface area (Å²) in [5.74, 6) is 0.131. The van der Waals surface area contributed by atoms with Gasteiger partial charge in [-0.25, -0.2) is 0 Å². The molecule has 0 spiro atoms. The van der Waals surface area contributed by atoms with Gasteiger partial charge in [0, 0.05) is 44.7 Å². The van der Waals surface area contributed by atoms with E-state index in [0.717, 1.165) is 25.9 Å². The molecule has 0 bridgehead atoms. The lowest BCUT2D eigenvalue weighted by Gasteiger charge is -2.35. The number of halogens is 2. The zero-order chi connectivity index (χ0) is 13.8. The lowest BCUT2D eigenvalue weighted by Crippen LogP contribution is -2.52. The predicted octanol–water partition coefficient (Wildman–Crippen LogP) is -0.152. The number of hydrogen-bond donors (Lipinski definition) is 2. The van der Waals surface area contributed by atoms with Gasteiger partial charge in [-0.15, -0.1) is 24.8 Å². The van der Waals surface area contributed by atoms with Crippen molar-refractivity contribution < 1.29 is 9.59 Å². The number of hydrogen-bond acceptors (Lipinski definition) is 4. The molecule has 1 unspecified atom stereocenters. The molecule has 1 heterocycles. The fourth-order valence-electron chi connectivity index (χ4n) is 2.24. The summed E-state index contributed by atoms with van der Waals surface area (Å²) in [6, 6.07) is 0.417. The van der Waals surface area contributed by atoms with Gasteiger partial charge in [0.15, 0.2) is 0 Å². The zero-order valence-electron chi connectivity index (χ0n) is 12.4. The third kappa shape index (κ3) is 6.38. The molecule has 2 rings (SSSR count). The fourth-order valence-corrected chi connectivity index (χ4v) is 2.24. The molecule has 1 aliphatic heterocycles. The van der Waals surface area contributed by atoms with Gasteiger partial charge in [-0.1, -0.05) is 6.92 Å².